The first kappa shape index (κ1) is 32.6. The molecular weight excluding hydrogens is 472 g/mol. The van der Waals surface area contributed by atoms with E-state index in [9.17, 15) is 10.5 Å². The summed E-state index contributed by atoms with van der Waals surface area (Å²) in [6.45, 7) is 13.5. The van der Waals surface area contributed by atoms with Crippen molar-refractivity contribution in [3.05, 3.63) is 70.8 Å². The summed E-state index contributed by atoms with van der Waals surface area (Å²) < 4.78 is 0. The van der Waals surface area contributed by atoms with Crippen LogP contribution in [0.25, 0.3) is 0 Å². The van der Waals surface area contributed by atoms with E-state index in [-0.39, 0.29) is 11.8 Å². The maximum absolute atomic E-state index is 9.88. The van der Waals surface area contributed by atoms with Crippen LogP contribution in [0.3, 0.4) is 0 Å². The summed E-state index contributed by atoms with van der Waals surface area (Å²) in [5, 5.41) is 19.8. The molecule has 6 unspecified atom stereocenters. The molecule has 6 atom stereocenters. The summed E-state index contributed by atoms with van der Waals surface area (Å²) >= 11 is 0. The van der Waals surface area contributed by atoms with E-state index in [0.29, 0.717) is 23.7 Å². The Morgan fingerprint density at radius 1 is 0.538 bits per heavy atom. The molecule has 2 nitrogen and oxygen atoms in total. The number of aryl methyl sites for hydroxylation is 2. The summed E-state index contributed by atoms with van der Waals surface area (Å²) in [4.78, 5) is 0. The van der Waals surface area contributed by atoms with Crippen LogP contribution in [0.1, 0.15) is 115 Å². The molecule has 0 bridgehead atoms. The molecule has 0 N–H and O–H groups in total. The number of nitrogens with zero attached hydrogens (tertiary/aromatic N) is 2. The Labute approximate surface area is 240 Å². The summed E-state index contributed by atoms with van der Waals surface area (Å²) in [5.74, 6) is 1.99. The fourth-order valence-corrected chi connectivity index (χ4v) is 6.32. The van der Waals surface area contributed by atoms with Crippen LogP contribution < -0.4 is 0 Å². The Balaban J connectivity index is 2.07. The van der Waals surface area contributed by atoms with Gasteiger partial charge in [-0.15, -0.1) is 0 Å². The fraction of sp³-hybridized carbons (Fsp3) is 0.622. The van der Waals surface area contributed by atoms with Crippen LogP contribution in [-0.2, 0) is 19.3 Å². The minimum Gasteiger partial charge on any atom is -0.198 e. The van der Waals surface area contributed by atoms with Gasteiger partial charge in [-0.25, -0.2) is 0 Å². The number of hydrogen-bond donors (Lipinski definition) is 0. The number of unbranched alkanes of at least 4 members (excludes halogenated alkanes) is 2. The molecular formula is C37H54N2. The molecule has 0 spiro atoms. The first-order chi connectivity index (χ1) is 18.9. The lowest BCUT2D eigenvalue weighted by Crippen LogP contribution is -2.19. The zero-order valence-electron chi connectivity index (χ0n) is 25.8. The third kappa shape index (κ3) is 10.5. The van der Waals surface area contributed by atoms with E-state index in [1.54, 1.807) is 0 Å². The van der Waals surface area contributed by atoms with E-state index in [1.165, 1.54) is 47.9 Å². The molecule has 0 radical (unpaired) electrons. The average molecular weight is 527 g/mol. The van der Waals surface area contributed by atoms with E-state index in [1.807, 2.05) is 0 Å². The molecule has 0 saturated heterocycles. The largest absolute Gasteiger partial charge is 0.198 e. The van der Waals surface area contributed by atoms with E-state index < -0.39 is 0 Å². The molecule has 0 aliphatic carbocycles. The van der Waals surface area contributed by atoms with Crippen LogP contribution in [0.5, 0.6) is 0 Å². The first-order valence-corrected chi connectivity index (χ1v) is 15.8. The molecule has 2 aromatic carbocycles. The van der Waals surface area contributed by atoms with Gasteiger partial charge in [0.2, 0.25) is 0 Å². The maximum atomic E-state index is 9.88. The van der Waals surface area contributed by atoms with Gasteiger partial charge in [0.25, 0.3) is 0 Å². The Hall–Kier alpha value is -2.58. The molecule has 2 heteroatoms. The van der Waals surface area contributed by atoms with Crippen LogP contribution in [0, 0.1) is 58.2 Å². The van der Waals surface area contributed by atoms with Crippen molar-refractivity contribution in [3.63, 3.8) is 0 Å². The second-order valence-electron chi connectivity index (χ2n) is 12.3. The number of benzene rings is 2. The van der Waals surface area contributed by atoms with Crippen molar-refractivity contribution in [2.24, 2.45) is 35.5 Å². The van der Waals surface area contributed by atoms with Crippen LogP contribution in [0.4, 0.5) is 0 Å². The highest BCUT2D eigenvalue weighted by atomic mass is 14.3. The molecule has 0 aliphatic heterocycles. The highest BCUT2D eigenvalue weighted by Gasteiger charge is 2.24. The normalized spacial score (nSPS) is 15.9. The third-order valence-corrected chi connectivity index (χ3v) is 9.13. The van der Waals surface area contributed by atoms with Crippen molar-refractivity contribution in [1.29, 1.82) is 10.5 Å². The van der Waals surface area contributed by atoms with E-state index in [0.717, 1.165) is 44.9 Å². The van der Waals surface area contributed by atoms with Gasteiger partial charge in [-0.2, -0.15) is 10.5 Å². The SMILES string of the molecule is CCCCC(C)C(C#N)C(C)CCc1ccccc1Cc1ccccc1CCC(C)C(C#N)C(C)CCCC. The zero-order valence-corrected chi connectivity index (χ0v) is 25.8. The van der Waals surface area contributed by atoms with Crippen molar-refractivity contribution in [1.82, 2.24) is 0 Å². The second kappa shape index (κ2) is 17.9. The Kier molecular flexibility index (Phi) is 15.0. The quantitative estimate of drug-likeness (QED) is 0.194. The lowest BCUT2D eigenvalue weighted by atomic mass is 9.78. The van der Waals surface area contributed by atoms with Crippen molar-refractivity contribution < 1.29 is 0 Å². The highest BCUT2D eigenvalue weighted by Crippen LogP contribution is 2.31. The molecule has 0 saturated carbocycles. The first-order valence-electron chi connectivity index (χ1n) is 15.8. The van der Waals surface area contributed by atoms with Gasteiger partial charge in [-0.05, 0) is 90.9 Å². The lowest BCUT2D eigenvalue weighted by Gasteiger charge is -2.24. The van der Waals surface area contributed by atoms with Gasteiger partial charge in [0.1, 0.15) is 0 Å². The van der Waals surface area contributed by atoms with Crippen LogP contribution in [0.15, 0.2) is 48.5 Å². The molecule has 0 aliphatic rings. The summed E-state index contributed by atoms with van der Waals surface area (Å²) in [5.41, 5.74) is 5.64. The van der Waals surface area contributed by atoms with Gasteiger partial charge < -0.3 is 0 Å². The fourth-order valence-electron chi connectivity index (χ4n) is 6.32. The molecule has 0 amide bonds. The van der Waals surface area contributed by atoms with Gasteiger partial charge in [0.15, 0.2) is 0 Å². The Morgan fingerprint density at radius 3 is 1.21 bits per heavy atom. The highest BCUT2D eigenvalue weighted by molar-refractivity contribution is 5.37. The maximum Gasteiger partial charge on any atom is 0.0661 e. The molecule has 2 aromatic rings. The number of hydrogen-bond acceptors (Lipinski definition) is 2. The smallest absolute Gasteiger partial charge is 0.0661 e. The summed E-state index contributed by atoms with van der Waals surface area (Å²) in [6.07, 6.45) is 12.2. The second-order valence-corrected chi connectivity index (χ2v) is 12.3. The number of nitriles is 2. The monoisotopic (exact) mass is 526 g/mol. The van der Waals surface area contributed by atoms with Gasteiger partial charge in [0, 0.05) is 0 Å². The summed E-state index contributed by atoms with van der Waals surface area (Å²) in [6, 6.07) is 23.0. The minimum atomic E-state index is 0.133. The molecule has 2 rings (SSSR count). The zero-order chi connectivity index (χ0) is 28.6. The van der Waals surface area contributed by atoms with Crippen molar-refractivity contribution in [3.8, 4) is 12.1 Å². The topological polar surface area (TPSA) is 47.6 Å². The Bertz CT molecular complexity index is 958. The summed E-state index contributed by atoms with van der Waals surface area (Å²) in [7, 11) is 0. The molecule has 0 heterocycles. The van der Waals surface area contributed by atoms with Crippen molar-refractivity contribution in [2.75, 3.05) is 0 Å². The average Bonchev–Trinajstić information content (AvgIpc) is 2.94. The third-order valence-electron chi connectivity index (χ3n) is 9.13. The van der Waals surface area contributed by atoms with Crippen LogP contribution >= 0.6 is 0 Å². The standard InChI is InChI=1S/C37H54N2/c1-7-9-15-28(3)36(26-38)30(5)21-23-32-17-11-13-19-34(32)25-35-20-14-12-18-33(35)24-22-31(6)37(27-39)29(4)16-10-8-2/h11-14,17-20,28-31,36-37H,7-10,15-16,21-25H2,1-6H3. The molecule has 212 valence electrons. The van der Waals surface area contributed by atoms with Gasteiger partial charge in [-0.1, -0.05) is 116 Å². The lowest BCUT2D eigenvalue weighted by molar-refractivity contribution is 0.289. The molecule has 0 aromatic heterocycles. The van der Waals surface area contributed by atoms with E-state index in [4.69, 9.17) is 0 Å². The minimum absolute atomic E-state index is 0.133. The predicted molar refractivity (Wildman–Crippen MR) is 166 cm³/mol. The van der Waals surface area contributed by atoms with Gasteiger partial charge in [-0.3, -0.25) is 0 Å². The van der Waals surface area contributed by atoms with Crippen LogP contribution in [-0.4, -0.2) is 0 Å². The Morgan fingerprint density at radius 2 is 0.872 bits per heavy atom. The van der Waals surface area contributed by atoms with Gasteiger partial charge in [0.05, 0.1) is 24.0 Å². The molecule has 39 heavy (non-hydrogen) atoms. The molecule has 0 fully saturated rings. The van der Waals surface area contributed by atoms with Crippen LogP contribution in [0.2, 0.25) is 0 Å². The van der Waals surface area contributed by atoms with Crippen molar-refractivity contribution in [2.45, 2.75) is 112 Å². The van der Waals surface area contributed by atoms with E-state index >= 15 is 0 Å². The van der Waals surface area contributed by atoms with Crippen molar-refractivity contribution >= 4 is 0 Å². The van der Waals surface area contributed by atoms with E-state index in [2.05, 4.69) is 102 Å². The van der Waals surface area contributed by atoms with Gasteiger partial charge >= 0.3 is 0 Å². The number of rotatable bonds is 18. The predicted octanol–water partition coefficient (Wildman–Crippen LogP) is 10.3.